The van der Waals surface area contributed by atoms with Crippen molar-refractivity contribution in [3.8, 4) is 0 Å². The van der Waals surface area contributed by atoms with E-state index in [1.54, 1.807) is 36.4 Å². The summed E-state index contributed by atoms with van der Waals surface area (Å²) in [5.41, 5.74) is 1.24. The average molecular weight is 456 g/mol. The highest BCUT2D eigenvalue weighted by molar-refractivity contribution is 6.39. The monoisotopic (exact) mass is 455 g/mol. The molecule has 31 heavy (non-hydrogen) atoms. The third-order valence-corrected chi connectivity index (χ3v) is 5.09. The molecule has 1 aliphatic heterocycles. The third kappa shape index (κ3) is 3.81. The van der Waals surface area contributed by atoms with Gasteiger partial charge in [0.1, 0.15) is 18.0 Å². The minimum atomic E-state index is -0.674. The number of aromatic nitrogens is 1. The van der Waals surface area contributed by atoms with Gasteiger partial charge in [0.2, 0.25) is 0 Å². The van der Waals surface area contributed by atoms with Gasteiger partial charge in [-0.05, 0) is 30.3 Å². The van der Waals surface area contributed by atoms with E-state index in [-0.39, 0.29) is 23.0 Å². The van der Waals surface area contributed by atoms with Crippen LogP contribution in [0.5, 0.6) is 0 Å². The Morgan fingerprint density at radius 1 is 1.16 bits per heavy atom. The van der Waals surface area contributed by atoms with Crippen LogP contribution in [0.15, 0.2) is 60.8 Å². The zero-order valence-electron chi connectivity index (χ0n) is 15.9. The van der Waals surface area contributed by atoms with Crippen LogP contribution in [0.25, 0.3) is 17.0 Å². The van der Waals surface area contributed by atoms with Gasteiger partial charge in [-0.1, -0.05) is 54.1 Å². The molecule has 2 aromatic carbocycles. The van der Waals surface area contributed by atoms with E-state index in [2.05, 4.69) is 16.9 Å². The zero-order chi connectivity index (χ0) is 22.1. The lowest BCUT2D eigenvalue weighted by Crippen LogP contribution is -2.30. The van der Waals surface area contributed by atoms with Gasteiger partial charge in [-0.25, -0.2) is 14.5 Å². The quantitative estimate of drug-likeness (QED) is 0.247. The summed E-state index contributed by atoms with van der Waals surface area (Å²) >= 11 is 12.5. The summed E-state index contributed by atoms with van der Waals surface area (Å²) in [6, 6.07) is 11.0. The maximum Gasteiger partial charge on any atom is 0.355 e. The number of nitrogens with zero attached hydrogens (tertiary/aromatic N) is 1. The van der Waals surface area contributed by atoms with Gasteiger partial charge in [-0.3, -0.25) is 4.79 Å². The fraction of sp³-hybridized carbons (Fsp3) is 0.0455. The fourth-order valence-electron chi connectivity index (χ4n) is 3.28. The number of rotatable bonds is 5. The molecular weight excluding hydrogens is 441 g/mol. The zero-order valence-corrected chi connectivity index (χ0v) is 17.5. The van der Waals surface area contributed by atoms with E-state index in [9.17, 15) is 14.4 Å². The van der Waals surface area contributed by atoms with Gasteiger partial charge in [0.25, 0.3) is 5.91 Å². The number of urea groups is 1. The lowest BCUT2D eigenvalue weighted by Gasteiger charge is -2.10. The highest BCUT2D eigenvalue weighted by Crippen LogP contribution is 2.35. The topological polar surface area (TPSA) is 91.5 Å². The van der Waals surface area contributed by atoms with Crippen molar-refractivity contribution in [1.82, 2.24) is 10.3 Å². The number of imide groups is 1. The summed E-state index contributed by atoms with van der Waals surface area (Å²) in [7, 11) is 0. The Labute approximate surface area is 186 Å². The molecule has 1 aliphatic rings. The van der Waals surface area contributed by atoms with Crippen LogP contribution in [-0.2, 0) is 9.53 Å². The van der Waals surface area contributed by atoms with E-state index in [1.807, 2.05) is 0 Å². The van der Waals surface area contributed by atoms with Crippen LogP contribution in [0.1, 0.15) is 16.1 Å². The second-order valence-corrected chi connectivity index (χ2v) is 7.42. The number of aromatic amines is 1. The summed E-state index contributed by atoms with van der Waals surface area (Å²) in [6.45, 7) is 3.52. The second kappa shape index (κ2) is 8.29. The van der Waals surface area contributed by atoms with Crippen LogP contribution in [0, 0.1) is 0 Å². The Hall–Kier alpha value is -3.55. The number of amides is 3. The van der Waals surface area contributed by atoms with Crippen LogP contribution in [0.2, 0.25) is 10.0 Å². The minimum absolute atomic E-state index is 0.00382. The van der Waals surface area contributed by atoms with Crippen molar-refractivity contribution in [2.24, 2.45) is 0 Å². The van der Waals surface area contributed by atoms with E-state index >= 15 is 0 Å². The number of nitrogens with one attached hydrogen (secondary N) is 2. The van der Waals surface area contributed by atoms with Gasteiger partial charge in [-0.15, -0.1) is 0 Å². The maximum atomic E-state index is 13.0. The number of hydrogen-bond acceptors (Lipinski definition) is 4. The van der Waals surface area contributed by atoms with Crippen LogP contribution >= 0.6 is 23.2 Å². The molecule has 2 N–H and O–H groups in total. The summed E-state index contributed by atoms with van der Waals surface area (Å²) in [4.78, 5) is 42.0. The summed E-state index contributed by atoms with van der Waals surface area (Å²) < 4.78 is 5.14. The standard InChI is InChI=1S/C22H15Cl2N3O4/c1-2-8-31-21(29)19-14(18-15(24)9-12(23)10-16(18)25-19)11-17-20(28)27(22(30)26-17)13-6-4-3-5-7-13/h2-7,9-11,25H,1,8H2,(H,26,30)/b17-11-. The van der Waals surface area contributed by atoms with Gasteiger partial charge in [-0.2, -0.15) is 0 Å². The maximum absolute atomic E-state index is 13.0. The van der Waals surface area contributed by atoms with Crippen LogP contribution in [0.3, 0.4) is 0 Å². The smallest absolute Gasteiger partial charge is 0.355 e. The normalized spacial score (nSPS) is 14.9. The van der Waals surface area contributed by atoms with E-state index < -0.39 is 17.9 Å². The third-order valence-electron chi connectivity index (χ3n) is 4.57. The molecular formula is C22H15Cl2N3O4. The first-order chi connectivity index (χ1) is 14.9. The molecule has 0 radical (unpaired) electrons. The van der Waals surface area contributed by atoms with Crippen molar-refractivity contribution in [3.63, 3.8) is 0 Å². The highest BCUT2D eigenvalue weighted by Gasteiger charge is 2.35. The van der Waals surface area contributed by atoms with Crippen molar-refractivity contribution in [1.29, 1.82) is 0 Å². The van der Waals surface area contributed by atoms with E-state index in [1.165, 1.54) is 18.2 Å². The molecule has 3 aromatic rings. The number of para-hydroxylation sites is 1. The number of carbonyl (C=O) groups excluding carboxylic acids is 3. The number of hydrogen-bond donors (Lipinski definition) is 2. The molecule has 0 aliphatic carbocycles. The number of benzene rings is 2. The molecule has 4 rings (SSSR count). The van der Waals surface area contributed by atoms with Crippen molar-refractivity contribution < 1.29 is 19.1 Å². The Bertz CT molecular complexity index is 1260. The molecule has 2 heterocycles. The van der Waals surface area contributed by atoms with E-state index in [4.69, 9.17) is 27.9 Å². The number of H-pyrrole nitrogens is 1. The second-order valence-electron chi connectivity index (χ2n) is 6.58. The molecule has 3 amide bonds. The molecule has 9 heteroatoms. The Kier molecular flexibility index (Phi) is 5.54. The summed E-state index contributed by atoms with van der Waals surface area (Å²) in [5.74, 6) is -1.24. The predicted octanol–water partition coefficient (Wildman–Crippen LogP) is 4.91. The number of carbonyl (C=O) groups is 3. The van der Waals surface area contributed by atoms with Crippen LogP contribution in [-0.4, -0.2) is 29.5 Å². The number of esters is 1. The molecule has 7 nitrogen and oxygen atoms in total. The lowest BCUT2D eigenvalue weighted by molar-refractivity contribution is -0.113. The average Bonchev–Trinajstić information content (AvgIpc) is 3.24. The Morgan fingerprint density at radius 3 is 2.61 bits per heavy atom. The Morgan fingerprint density at radius 2 is 1.90 bits per heavy atom. The van der Waals surface area contributed by atoms with Gasteiger partial charge >= 0.3 is 12.0 Å². The van der Waals surface area contributed by atoms with E-state index in [0.29, 0.717) is 27.2 Å². The SMILES string of the molecule is C=CCOC(=O)c1[nH]c2cc(Cl)cc(Cl)c2c1/C=C1\NC(=O)N(c2ccccc2)C1=O. The lowest BCUT2D eigenvalue weighted by atomic mass is 10.1. The molecule has 0 bridgehead atoms. The first-order valence-electron chi connectivity index (χ1n) is 9.11. The highest BCUT2D eigenvalue weighted by atomic mass is 35.5. The fourth-order valence-corrected chi connectivity index (χ4v) is 3.87. The van der Waals surface area contributed by atoms with Crippen molar-refractivity contribution in [3.05, 3.63) is 82.1 Å². The summed E-state index contributed by atoms with van der Waals surface area (Å²) in [5, 5.41) is 3.64. The first kappa shape index (κ1) is 20.7. The molecule has 1 saturated heterocycles. The van der Waals surface area contributed by atoms with Crippen molar-refractivity contribution in [2.45, 2.75) is 0 Å². The molecule has 0 spiro atoms. The molecule has 1 aromatic heterocycles. The van der Waals surface area contributed by atoms with Gasteiger partial charge < -0.3 is 15.0 Å². The largest absolute Gasteiger partial charge is 0.457 e. The molecule has 0 unspecified atom stereocenters. The van der Waals surface area contributed by atoms with Gasteiger partial charge in [0, 0.05) is 21.5 Å². The summed E-state index contributed by atoms with van der Waals surface area (Å²) in [6.07, 6.45) is 2.83. The molecule has 0 atom stereocenters. The van der Waals surface area contributed by atoms with Crippen LogP contribution < -0.4 is 10.2 Å². The number of ether oxygens (including phenoxy) is 1. The minimum Gasteiger partial charge on any atom is -0.457 e. The first-order valence-corrected chi connectivity index (χ1v) is 9.87. The van der Waals surface area contributed by atoms with Crippen molar-refractivity contribution >= 4 is 63.8 Å². The number of fused-ring (bicyclic) bond motifs is 1. The van der Waals surface area contributed by atoms with Gasteiger partial charge in [0.15, 0.2) is 0 Å². The molecule has 156 valence electrons. The van der Waals surface area contributed by atoms with Gasteiger partial charge in [0.05, 0.1) is 10.7 Å². The molecule has 0 saturated carbocycles. The number of halogens is 2. The predicted molar refractivity (Wildman–Crippen MR) is 119 cm³/mol. The Balaban J connectivity index is 1.84. The van der Waals surface area contributed by atoms with Crippen LogP contribution in [0.4, 0.5) is 10.5 Å². The van der Waals surface area contributed by atoms with E-state index in [0.717, 1.165) is 4.90 Å². The number of anilines is 1. The van der Waals surface area contributed by atoms with Crippen molar-refractivity contribution in [2.75, 3.05) is 11.5 Å². The molecule has 1 fully saturated rings.